The van der Waals surface area contributed by atoms with Crippen molar-refractivity contribution < 1.29 is 29.3 Å². The third-order valence-corrected chi connectivity index (χ3v) is 7.59. The molecule has 0 saturated carbocycles. The van der Waals surface area contributed by atoms with Crippen LogP contribution < -0.4 is 10.6 Å². The molecule has 2 unspecified atom stereocenters. The van der Waals surface area contributed by atoms with Crippen LogP contribution in [0.2, 0.25) is 0 Å². The average molecular weight is 566 g/mol. The first-order valence-corrected chi connectivity index (χ1v) is 14.0. The van der Waals surface area contributed by atoms with Gasteiger partial charge in [0.1, 0.15) is 18.3 Å². The van der Waals surface area contributed by atoms with E-state index < -0.39 is 24.5 Å². The van der Waals surface area contributed by atoms with Gasteiger partial charge in [-0.05, 0) is 31.2 Å². The van der Waals surface area contributed by atoms with Crippen molar-refractivity contribution in [3.63, 3.8) is 0 Å². The molecule has 5 heterocycles. The summed E-state index contributed by atoms with van der Waals surface area (Å²) >= 11 is 0. The fourth-order valence-corrected chi connectivity index (χ4v) is 5.30. The third kappa shape index (κ3) is 5.76. The molecule has 2 saturated heterocycles. The summed E-state index contributed by atoms with van der Waals surface area (Å²) in [5.74, 6) is 1.15. The van der Waals surface area contributed by atoms with E-state index in [-0.39, 0.29) is 24.6 Å². The minimum atomic E-state index is -1.28. The molecule has 5 N–H and O–H groups in total. The molecule has 2 aliphatic heterocycles. The SMILES string of the molecule is CCc1cc(C2O[C@@H](n3cnc4c(NC5CCOCC5)nc(NC(CO)Cc5ccccc5)nc43)[C@H](O)[C@@H]2O)on1. The first-order chi connectivity index (χ1) is 20.0. The van der Waals surface area contributed by atoms with Crippen LogP contribution in [-0.4, -0.2) is 84.1 Å². The largest absolute Gasteiger partial charge is 0.394 e. The molecule has 2 aliphatic rings. The van der Waals surface area contributed by atoms with Gasteiger partial charge in [0, 0.05) is 25.3 Å². The lowest BCUT2D eigenvalue weighted by Gasteiger charge is -2.24. The Labute approximate surface area is 236 Å². The molecule has 4 aromatic rings. The van der Waals surface area contributed by atoms with Crippen molar-refractivity contribution in [1.29, 1.82) is 0 Å². The van der Waals surface area contributed by atoms with Crippen molar-refractivity contribution in [2.45, 2.75) is 69.2 Å². The number of anilines is 2. The zero-order valence-corrected chi connectivity index (χ0v) is 22.8. The Morgan fingerprint density at radius 2 is 1.90 bits per heavy atom. The van der Waals surface area contributed by atoms with Gasteiger partial charge in [-0.25, -0.2) is 4.98 Å². The van der Waals surface area contributed by atoms with Crippen molar-refractivity contribution >= 4 is 22.9 Å². The van der Waals surface area contributed by atoms with Crippen LogP contribution in [0.15, 0.2) is 47.2 Å². The molecule has 0 radical (unpaired) electrons. The number of hydrogen-bond acceptors (Lipinski definition) is 12. The van der Waals surface area contributed by atoms with E-state index in [1.54, 1.807) is 10.6 Å². The molecule has 41 heavy (non-hydrogen) atoms. The number of hydrogen-bond donors (Lipinski definition) is 5. The highest BCUT2D eigenvalue weighted by atomic mass is 16.6. The van der Waals surface area contributed by atoms with Crippen LogP contribution in [0.5, 0.6) is 0 Å². The van der Waals surface area contributed by atoms with E-state index in [4.69, 9.17) is 24.0 Å². The minimum Gasteiger partial charge on any atom is -0.394 e. The molecule has 2 fully saturated rings. The van der Waals surface area contributed by atoms with Gasteiger partial charge in [-0.3, -0.25) is 4.57 Å². The molecule has 5 atom stereocenters. The predicted octanol–water partition coefficient (Wildman–Crippen LogP) is 1.97. The van der Waals surface area contributed by atoms with E-state index >= 15 is 0 Å². The summed E-state index contributed by atoms with van der Waals surface area (Å²) in [4.78, 5) is 14.0. The van der Waals surface area contributed by atoms with Gasteiger partial charge < -0.3 is 39.9 Å². The number of aliphatic hydroxyl groups excluding tert-OH is 3. The van der Waals surface area contributed by atoms with Gasteiger partial charge in [0.05, 0.1) is 24.7 Å². The number of imidazole rings is 1. The second-order valence-electron chi connectivity index (χ2n) is 10.5. The molecular weight excluding hydrogens is 530 g/mol. The number of fused-ring (bicyclic) bond motifs is 1. The molecule has 0 amide bonds. The highest BCUT2D eigenvalue weighted by Gasteiger charge is 2.47. The first-order valence-electron chi connectivity index (χ1n) is 14.0. The molecule has 218 valence electrons. The number of nitrogens with zero attached hydrogens (tertiary/aromatic N) is 5. The maximum Gasteiger partial charge on any atom is 0.227 e. The summed E-state index contributed by atoms with van der Waals surface area (Å²) < 4.78 is 18.6. The second kappa shape index (κ2) is 12.1. The molecule has 0 aliphatic carbocycles. The normalized spacial score (nSPS) is 24.1. The standard InChI is InChI=1S/C28H35N7O6/c1-2-17-13-20(41-34-17)24-22(37)23(38)27(40-24)35-15-29-21-25(30-18-8-10-39-11-9-18)32-28(33-26(21)35)31-19(14-36)12-16-6-4-3-5-7-16/h3-7,13,15,18-19,22-24,27,36-38H,2,8-12,14H2,1H3,(H2,30,31,32,33)/t19?,22-,23+,24?,27+/m0/s1. The molecule has 13 nitrogen and oxygen atoms in total. The van der Waals surface area contributed by atoms with Gasteiger partial charge in [0.15, 0.2) is 29.0 Å². The van der Waals surface area contributed by atoms with Crippen LogP contribution in [-0.2, 0) is 22.3 Å². The van der Waals surface area contributed by atoms with Gasteiger partial charge >= 0.3 is 0 Å². The van der Waals surface area contributed by atoms with Gasteiger partial charge in [0.2, 0.25) is 5.95 Å². The summed E-state index contributed by atoms with van der Waals surface area (Å²) in [6.45, 7) is 3.12. The number of benzene rings is 1. The van der Waals surface area contributed by atoms with Crippen LogP contribution in [0, 0.1) is 0 Å². The van der Waals surface area contributed by atoms with Crippen molar-refractivity contribution in [3.8, 4) is 0 Å². The summed E-state index contributed by atoms with van der Waals surface area (Å²) in [7, 11) is 0. The first kappa shape index (κ1) is 27.5. The summed E-state index contributed by atoms with van der Waals surface area (Å²) in [6.07, 6.45) is -0.0550. The van der Waals surface area contributed by atoms with Crippen molar-refractivity contribution in [1.82, 2.24) is 24.7 Å². The molecule has 13 heteroatoms. The van der Waals surface area contributed by atoms with E-state index in [1.807, 2.05) is 37.3 Å². The van der Waals surface area contributed by atoms with Crippen molar-refractivity contribution in [2.75, 3.05) is 30.5 Å². The molecular formula is C28H35N7O6. The number of aryl methyl sites for hydroxylation is 1. The maximum absolute atomic E-state index is 11.0. The Kier molecular flexibility index (Phi) is 8.12. The van der Waals surface area contributed by atoms with Gasteiger partial charge in [-0.2, -0.15) is 9.97 Å². The Morgan fingerprint density at radius 3 is 2.63 bits per heavy atom. The summed E-state index contributed by atoms with van der Waals surface area (Å²) in [5.41, 5.74) is 2.68. The monoisotopic (exact) mass is 565 g/mol. The van der Waals surface area contributed by atoms with Crippen molar-refractivity contribution in [3.05, 3.63) is 59.7 Å². The summed E-state index contributed by atoms with van der Waals surface area (Å²) in [6, 6.07) is 11.4. The lowest BCUT2D eigenvalue weighted by molar-refractivity contribution is -0.0434. The van der Waals surface area contributed by atoms with Crippen LogP contribution in [0.1, 0.15) is 49.1 Å². The number of aliphatic hydroxyl groups is 3. The second-order valence-corrected chi connectivity index (χ2v) is 10.5. The van der Waals surface area contributed by atoms with E-state index in [0.717, 1.165) is 24.1 Å². The maximum atomic E-state index is 11.0. The minimum absolute atomic E-state index is 0.131. The number of nitrogens with one attached hydrogen (secondary N) is 2. The van der Waals surface area contributed by atoms with E-state index in [9.17, 15) is 15.3 Å². The van der Waals surface area contributed by atoms with Crippen LogP contribution in [0.4, 0.5) is 11.8 Å². The zero-order valence-electron chi connectivity index (χ0n) is 22.8. The van der Waals surface area contributed by atoms with Gasteiger partial charge in [0.25, 0.3) is 0 Å². The lowest BCUT2D eigenvalue weighted by atomic mass is 10.1. The van der Waals surface area contributed by atoms with E-state index in [0.29, 0.717) is 48.8 Å². The molecule has 0 spiro atoms. The quantitative estimate of drug-likeness (QED) is 0.190. The van der Waals surface area contributed by atoms with Crippen LogP contribution in [0.25, 0.3) is 11.2 Å². The lowest BCUT2D eigenvalue weighted by Crippen LogP contribution is -2.30. The molecule has 1 aromatic carbocycles. The Hall–Kier alpha value is -3.62. The average Bonchev–Trinajstić information content (AvgIpc) is 3.72. The number of ether oxygens (including phenoxy) is 2. The smallest absolute Gasteiger partial charge is 0.227 e. The fraction of sp³-hybridized carbons (Fsp3) is 0.500. The Balaban J connectivity index is 1.33. The number of aromatic nitrogens is 5. The van der Waals surface area contributed by atoms with Crippen molar-refractivity contribution in [2.24, 2.45) is 0 Å². The van der Waals surface area contributed by atoms with E-state index in [1.165, 1.54) is 6.33 Å². The summed E-state index contributed by atoms with van der Waals surface area (Å²) in [5, 5.41) is 42.8. The topological polar surface area (TPSA) is 173 Å². The van der Waals surface area contributed by atoms with Gasteiger partial charge in [-0.1, -0.05) is 42.4 Å². The molecule has 0 bridgehead atoms. The third-order valence-electron chi connectivity index (χ3n) is 7.59. The van der Waals surface area contributed by atoms with Crippen LogP contribution in [0.3, 0.4) is 0 Å². The van der Waals surface area contributed by atoms with Gasteiger partial charge in [-0.15, -0.1) is 0 Å². The molecule has 6 rings (SSSR count). The Morgan fingerprint density at radius 1 is 1.10 bits per heavy atom. The predicted molar refractivity (Wildman–Crippen MR) is 148 cm³/mol. The molecule has 3 aromatic heterocycles. The number of rotatable bonds is 10. The highest BCUT2D eigenvalue weighted by molar-refractivity contribution is 5.84. The fourth-order valence-electron chi connectivity index (χ4n) is 5.30. The highest BCUT2D eigenvalue weighted by Crippen LogP contribution is 2.40. The van der Waals surface area contributed by atoms with Crippen LogP contribution >= 0.6 is 0 Å². The van der Waals surface area contributed by atoms with E-state index in [2.05, 4.69) is 20.8 Å². The Bertz CT molecular complexity index is 1440. The zero-order chi connectivity index (χ0) is 28.3.